The second-order valence-corrected chi connectivity index (χ2v) is 4.08. The van der Waals surface area contributed by atoms with Gasteiger partial charge in [0.05, 0.1) is 33.6 Å². The Morgan fingerprint density at radius 1 is 1.46 bits per heavy atom. The second-order valence-electron chi connectivity index (χ2n) is 4.08. The summed E-state index contributed by atoms with van der Waals surface area (Å²) in [6, 6.07) is 0. The zero-order valence-electron chi connectivity index (χ0n) is 8.97. The maximum absolute atomic E-state index is 11.3. The molecule has 0 atom stereocenters. The monoisotopic (exact) mass is 182 g/mol. The van der Waals surface area contributed by atoms with Gasteiger partial charge in [0.15, 0.2) is 5.78 Å². The van der Waals surface area contributed by atoms with E-state index in [-0.39, 0.29) is 5.78 Å². The van der Waals surface area contributed by atoms with Crippen molar-refractivity contribution in [3.63, 3.8) is 0 Å². The van der Waals surface area contributed by atoms with Crippen molar-refractivity contribution in [2.75, 3.05) is 27.2 Å². The van der Waals surface area contributed by atoms with Gasteiger partial charge in [0.2, 0.25) is 0 Å². The fourth-order valence-electron chi connectivity index (χ4n) is 1.06. The van der Waals surface area contributed by atoms with Crippen LogP contribution in [0.5, 0.6) is 0 Å². The molecule has 0 rings (SSSR count). The fraction of sp³-hybridized carbons (Fsp3) is 0.545. The van der Waals surface area contributed by atoms with Crippen molar-refractivity contribution in [3.05, 3.63) is 24.8 Å². The standard InChI is InChI=1S/C11H20NO/c1-6-8-12(4,5)9-7-11(13)10(2)3/h6H,1-2,7-9H2,3-5H3/q+1. The number of allylic oxidation sites excluding steroid dienone is 1. The van der Waals surface area contributed by atoms with Crippen LogP contribution in [0, 0.1) is 0 Å². The van der Waals surface area contributed by atoms with Crippen LogP contribution in [0.15, 0.2) is 24.8 Å². The number of hydrogen-bond donors (Lipinski definition) is 0. The maximum atomic E-state index is 11.3. The predicted molar refractivity (Wildman–Crippen MR) is 56.5 cm³/mol. The molecule has 0 amide bonds. The molecule has 0 unspecified atom stereocenters. The number of Topliss-reactive ketones (excluding diaryl/α,β-unsaturated/α-hetero) is 1. The topological polar surface area (TPSA) is 17.1 Å². The highest BCUT2D eigenvalue weighted by Crippen LogP contribution is 2.03. The molecule has 0 aromatic heterocycles. The van der Waals surface area contributed by atoms with Crippen LogP contribution in [-0.2, 0) is 4.79 Å². The van der Waals surface area contributed by atoms with E-state index in [1.807, 2.05) is 6.08 Å². The van der Waals surface area contributed by atoms with Crippen LogP contribution in [-0.4, -0.2) is 37.5 Å². The molecule has 0 fully saturated rings. The lowest BCUT2D eigenvalue weighted by Crippen LogP contribution is -2.41. The highest BCUT2D eigenvalue weighted by molar-refractivity contribution is 5.94. The van der Waals surface area contributed by atoms with E-state index in [1.165, 1.54) is 0 Å². The summed E-state index contributed by atoms with van der Waals surface area (Å²) >= 11 is 0. The Morgan fingerprint density at radius 2 is 2.00 bits per heavy atom. The minimum atomic E-state index is 0.162. The lowest BCUT2D eigenvalue weighted by molar-refractivity contribution is -0.883. The summed E-state index contributed by atoms with van der Waals surface area (Å²) in [5.41, 5.74) is 0.651. The molecule has 13 heavy (non-hydrogen) atoms. The Hall–Kier alpha value is -0.890. The highest BCUT2D eigenvalue weighted by atomic mass is 16.1. The van der Waals surface area contributed by atoms with Crippen molar-refractivity contribution in [1.29, 1.82) is 0 Å². The number of rotatable bonds is 6. The summed E-state index contributed by atoms with van der Waals surface area (Å²) in [6.07, 6.45) is 2.46. The Labute approximate surface area is 81.1 Å². The van der Waals surface area contributed by atoms with Crippen molar-refractivity contribution < 1.29 is 9.28 Å². The first-order valence-electron chi connectivity index (χ1n) is 4.50. The summed E-state index contributed by atoms with van der Waals surface area (Å²) in [4.78, 5) is 11.3. The Morgan fingerprint density at radius 3 is 2.38 bits per heavy atom. The van der Waals surface area contributed by atoms with E-state index in [0.717, 1.165) is 17.6 Å². The first-order chi connectivity index (χ1) is 5.89. The minimum absolute atomic E-state index is 0.162. The van der Waals surface area contributed by atoms with E-state index >= 15 is 0 Å². The van der Waals surface area contributed by atoms with Crippen molar-refractivity contribution in [3.8, 4) is 0 Å². The third-order valence-corrected chi connectivity index (χ3v) is 2.04. The number of hydrogen-bond acceptors (Lipinski definition) is 1. The van der Waals surface area contributed by atoms with Crippen LogP contribution in [0.2, 0.25) is 0 Å². The predicted octanol–water partition coefficient (Wildman–Crippen LogP) is 1.78. The first-order valence-corrected chi connectivity index (χ1v) is 4.50. The van der Waals surface area contributed by atoms with Crippen LogP contribution in [0.3, 0.4) is 0 Å². The molecular formula is C11H20NO+. The fourth-order valence-corrected chi connectivity index (χ4v) is 1.06. The number of quaternary nitrogens is 1. The zero-order valence-corrected chi connectivity index (χ0v) is 8.97. The van der Waals surface area contributed by atoms with Gasteiger partial charge in [-0.05, 0) is 18.6 Å². The summed E-state index contributed by atoms with van der Waals surface area (Å²) in [5, 5.41) is 0. The van der Waals surface area contributed by atoms with Crippen molar-refractivity contribution >= 4 is 5.78 Å². The molecule has 0 aromatic rings. The molecule has 0 saturated heterocycles. The summed E-state index contributed by atoms with van der Waals surface area (Å²) in [5.74, 6) is 0.162. The number of nitrogens with zero attached hydrogens (tertiary/aromatic N) is 1. The highest BCUT2D eigenvalue weighted by Gasteiger charge is 2.14. The molecule has 0 bridgehead atoms. The molecule has 0 aliphatic heterocycles. The molecule has 0 saturated carbocycles. The number of carbonyl (C=O) groups is 1. The number of carbonyl (C=O) groups excluding carboxylic acids is 1. The lowest BCUT2D eigenvalue weighted by atomic mass is 10.1. The molecule has 0 N–H and O–H groups in total. The van der Waals surface area contributed by atoms with Gasteiger partial charge in [-0.2, -0.15) is 0 Å². The third kappa shape index (κ3) is 5.36. The van der Waals surface area contributed by atoms with E-state index in [4.69, 9.17) is 0 Å². The number of ketones is 1. The molecule has 0 radical (unpaired) electrons. The maximum Gasteiger partial charge on any atom is 0.163 e. The smallest absolute Gasteiger partial charge is 0.163 e. The van der Waals surface area contributed by atoms with E-state index < -0.39 is 0 Å². The average molecular weight is 182 g/mol. The van der Waals surface area contributed by atoms with Crippen LogP contribution in [0.1, 0.15) is 13.3 Å². The van der Waals surface area contributed by atoms with Crippen LogP contribution < -0.4 is 0 Å². The van der Waals surface area contributed by atoms with Gasteiger partial charge in [0.1, 0.15) is 0 Å². The molecule has 0 heterocycles. The molecule has 0 spiro atoms. The van der Waals surface area contributed by atoms with Crippen LogP contribution >= 0.6 is 0 Å². The van der Waals surface area contributed by atoms with Gasteiger partial charge >= 0.3 is 0 Å². The molecule has 0 aliphatic rings. The molecule has 2 heteroatoms. The van der Waals surface area contributed by atoms with Gasteiger partial charge in [-0.3, -0.25) is 4.79 Å². The quantitative estimate of drug-likeness (QED) is 0.348. The van der Waals surface area contributed by atoms with Gasteiger partial charge in [-0.25, -0.2) is 0 Å². The summed E-state index contributed by atoms with van der Waals surface area (Å²) in [7, 11) is 4.18. The van der Waals surface area contributed by atoms with E-state index in [0.29, 0.717) is 12.0 Å². The van der Waals surface area contributed by atoms with Gasteiger partial charge in [0, 0.05) is 0 Å². The third-order valence-electron chi connectivity index (χ3n) is 2.04. The Kier molecular flexibility index (Phi) is 4.63. The first kappa shape index (κ1) is 12.1. The molecule has 0 aromatic carbocycles. The van der Waals surface area contributed by atoms with Crippen LogP contribution in [0.4, 0.5) is 0 Å². The average Bonchev–Trinajstić information content (AvgIpc) is 2.00. The van der Waals surface area contributed by atoms with Gasteiger partial charge in [-0.15, -0.1) is 0 Å². The van der Waals surface area contributed by atoms with Crippen molar-refractivity contribution in [2.24, 2.45) is 0 Å². The zero-order chi connectivity index (χ0) is 10.5. The normalized spacial score (nSPS) is 11.0. The SMILES string of the molecule is C=CC[N+](C)(C)CCC(=O)C(=C)C. The number of likely N-dealkylation sites (N-methyl/N-ethyl adjacent to an activating group) is 1. The second kappa shape index (κ2) is 4.97. The largest absolute Gasteiger partial charge is 0.325 e. The molecule has 2 nitrogen and oxygen atoms in total. The lowest BCUT2D eigenvalue weighted by Gasteiger charge is -2.27. The van der Waals surface area contributed by atoms with E-state index in [2.05, 4.69) is 27.3 Å². The minimum Gasteiger partial charge on any atom is -0.325 e. The molecule has 0 aliphatic carbocycles. The van der Waals surface area contributed by atoms with E-state index in [9.17, 15) is 4.79 Å². The van der Waals surface area contributed by atoms with Gasteiger partial charge in [-0.1, -0.05) is 13.2 Å². The van der Waals surface area contributed by atoms with Crippen LogP contribution in [0.25, 0.3) is 0 Å². The molecular weight excluding hydrogens is 162 g/mol. The Bertz CT molecular complexity index is 216. The Balaban J connectivity index is 3.93. The van der Waals surface area contributed by atoms with E-state index in [1.54, 1.807) is 6.92 Å². The summed E-state index contributed by atoms with van der Waals surface area (Å²) in [6.45, 7) is 10.8. The summed E-state index contributed by atoms with van der Waals surface area (Å²) < 4.78 is 0.808. The van der Waals surface area contributed by atoms with Crippen molar-refractivity contribution in [2.45, 2.75) is 13.3 Å². The van der Waals surface area contributed by atoms with Crippen molar-refractivity contribution in [1.82, 2.24) is 0 Å². The van der Waals surface area contributed by atoms with Gasteiger partial charge < -0.3 is 4.48 Å². The molecule has 74 valence electrons. The van der Waals surface area contributed by atoms with Gasteiger partial charge in [0.25, 0.3) is 0 Å².